The Labute approximate surface area is 275 Å². The molecule has 0 unspecified atom stereocenters. The fraction of sp³-hybridized carbons (Fsp3) is 0. The second kappa shape index (κ2) is 11.4. The minimum Gasteiger partial charge on any atom is -0.255 e. The molecule has 9 aromatic rings. The number of hydrogen-bond acceptors (Lipinski definition) is 5. The summed E-state index contributed by atoms with van der Waals surface area (Å²) >= 11 is 1.82. The monoisotopic (exact) mass is 618 g/mol. The Bertz CT molecular complexity index is 2500. The molecule has 5 heteroatoms. The average Bonchev–Trinajstić information content (AvgIpc) is 3.55. The highest BCUT2D eigenvalue weighted by molar-refractivity contribution is 7.26. The van der Waals surface area contributed by atoms with E-state index in [0.29, 0.717) is 0 Å². The molecule has 0 radical (unpaired) electrons. The standard InChI is InChI=1S/C42H26N4S/c1-2-12-27(13-3-1)41-42-40(32-16-4-5-21-38(32)47-42)39-31(17-11-20-35(39)46-41)29-15-10-14-28(24-29)30-25-36(33-18-6-8-22-43-33)45-37(26-30)34-19-7-9-23-44-34/h1-26H. The molecule has 220 valence electrons. The first kappa shape index (κ1) is 27.3. The van der Waals surface area contributed by atoms with Gasteiger partial charge in [0.25, 0.3) is 0 Å². The molecule has 47 heavy (non-hydrogen) atoms. The van der Waals surface area contributed by atoms with Crippen LogP contribution in [-0.4, -0.2) is 19.9 Å². The molecule has 0 aliphatic heterocycles. The van der Waals surface area contributed by atoms with Crippen molar-refractivity contribution in [3.63, 3.8) is 0 Å². The molecular formula is C42H26N4S. The molecule has 0 saturated heterocycles. The Kier molecular flexibility index (Phi) is 6.61. The number of aromatic nitrogens is 4. The van der Waals surface area contributed by atoms with Crippen molar-refractivity contribution in [1.29, 1.82) is 0 Å². The number of rotatable bonds is 5. The third-order valence-electron chi connectivity index (χ3n) is 8.57. The van der Waals surface area contributed by atoms with Crippen LogP contribution in [0.2, 0.25) is 0 Å². The van der Waals surface area contributed by atoms with E-state index >= 15 is 0 Å². The lowest BCUT2D eigenvalue weighted by molar-refractivity contribution is 1.22. The summed E-state index contributed by atoms with van der Waals surface area (Å²) in [6, 6.07) is 50.5. The summed E-state index contributed by atoms with van der Waals surface area (Å²) in [5, 5.41) is 3.69. The highest BCUT2D eigenvalue weighted by Crippen LogP contribution is 2.45. The molecule has 0 aliphatic carbocycles. The number of fused-ring (bicyclic) bond motifs is 5. The van der Waals surface area contributed by atoms with Crippen molar-refractivity contribution in [2.24, 2.45) is 0 Å². The molecule has 0 amide bonds. The topological polar surface area (TPSA) is 51.6 Å². The van der Waals surface area contributed by atoms with E-state index in [-0.39, 0.29) is 0 Å². The SMILES string of the molecule is c1ccc(-c2nc3cccc(-c4cccc(-c5cc(-c6ccccn6)nc(-c6ccccn6)c5)c4)c3c3c2sc2ccccc23)cc1. The van der Waals surface area contributed by atoms with Gasteiger partial charge < -0.3 is 0 Å². The lowest BCUT2D eigenvalue weighted by Gasteiger charge is -2.13. The van der Waals surface area contributed by atoms with Gasteiger partial charge >= 0.3 is 0 Å². The smallest absolute Gasteiger partial charge is 0.0900 e. The van der Waals surface area contributed by atoms with Crippen LogP contribution in [0.5, 0.6) is 0 Å². The largest absolute Gasteiger partial charge is 0.255 e. The molecule has 4 nitrogen and oxygen atoms in total. The van der Waals surface area contributed by atoms with Crippen LogP contribution >= 0.6 is 11.3 Å². The summed E-state index contributed by atoms with van der Waals surface area (Å²) in [6.45, 7) is 0. The van der Waals surface area contributed by atoms with Gasteiger partial charge in [0.2, 0.25) is 0 Å². The number of benzene rings is 4. The Morgan fingerprint density at radius 2 is 1.09 bits per heavy atom. The summed E-state index contributed by atoms with van der Waals surface area (Å²) in [4.78, 5) is 19.5. The molecule has 0 spiro atoms. The summed E-state index contributed by atoms with van der Waals surface area (Å²) < 4.78 is 2.47. The zero-order valence-electron chi connectivity index (χ0n) is 25.2. The minimum absolute atomic E-state index is 0.809. The van der Waals surface area contributed by atoms with E-state index in [1.807, 2.05) is 47.7 Å². The first-order valence-electron chi connectivity index (χ1n) is 15.6. The van der Waals surface area contributed by atoms with E-state index in [0.717, 1.165) is 61.8 Å². The second-order valence-electron chi connectivity index (χ2n) is 11.5. The van der Waals surface area contributed by atoms with Gasteiger partial charge in [0.05, 0.1) is 38.7 Å². The van der Waals surface area contributed by atoms with Gasteiger partial charge in [-0.1, -0.05) is 91.0 Å². The maximum Gasteiger partial charge on any atom is 0.0900 e. The summed E-state index contributed by atoms with van der Waals surface area (Å²) in [5.74, 6) is 0. The third-order valence-corrected chi connectivity index (χ3v) is 9.75. The number of nitrogens with zero attached hydrogens (tertiary/aromatic N) is 4. The van der Waals surface area contributed by atoms with Crippen LogP contribution in [0.4, 0.5) is 0 Å². The molecule has 9 rings (SSSR count). The molecule has 5 heterocycles. The van der Waals surface area contributed by atoms with Gasteiger partial charge in [0.15, 0.2) is 0 Å². The Morgan fingerprint density at radius 3 is 1.83 bits per heavy atom. The number of thiophene rings is 1. The van der Waals surface area contributed by atoms with E-state index < -0.39 is 0 Å². The van der Waals surface area contributed by atoms with Gasteiger partial charge in [-0.05, 0) is 76.9 Å². The zero-order valence-corrected chi connectivity index (χ0v) is 26.0. The van der Waals surface area contributed by atoms with E-state index in [9.17, 15) is 0 Å². The van der Waals surface area contributed by atoms with Crippen LogP contribution in [0.1, 0.15) is 0 Å². The first-order chi connectivity index (χ1) is 23.3. The highest BCUT2D eigenvalue weighted by Gasteiger charge is 2.19. The van der Waals surface area contributed by atoms with Gasteiger partial charge in [-0.2, -0.15) is 0 Å². The molecule has 0 saturated carbocycles. The van der Waals surface area contributed by atoms with E-state index in [1.165, 1.54) is 25.6 Å². The van der Waals surface area contributed by atoms with E-state index in [4.69, 9.17) is 9.97 Å². The molecule has 4 aromatic carbocycles. The lowest BCUT2D eigenvalue weighted by Crippen LogP contribution is -1.94. The molecule has 0 N–H and O–H groups in total. The van der Waals surface area contributed by atoms with Gasteiger partial charge in [-0.3, -0.25) is 9.97 Å². The van der Waals surface area contributed by atoms with Crippen molar-refractivity contribution >= 4 is 42.4 Å². The Balaban J connectivity index is 1.27. The van der Waals surface area contributed by atoms with Crippen LogP contribution < -0.4 is 0 Å². The van der Waals surface area contributed by atoms with Gasteiger partial charge in [-0.15, -0.1) is 11.3 Å². The minimum atomic E-state index is 0.809. The van der Waals surface area contributed by atoms with Gasteiger partial charge in [0, 0.05) is 38.8 Å². The summed E-state index contributed by atoms with van der Waals surface area (Å²) in [5.41, 5.74) is 10.9. The normalized spacial score (nSPS) is 11.4. The Hall–Kier alpha value is -6.04. The first-order valence-corrected chi connectivity index (χ1v) is 16.4. The predicted molar refractivity (Wildman–Crippen MR) is 195 cm³/mol. The summed E-state index contributed by atoms with van der Waals surface area (Å²) in [7, 11) is 0. The zero-order chi connectivity index (χ0) is 31.2. The van der Waals surface area contributed by atoms with Crippen LogP contribution in [0.15, 0.2) is 158 Å². The van der Waals surface area contributed by atoms with E-state index in [2.05, 4.69) is 119 Å². The van der Waals surface area contributed by atoms with Crippen LogP contribution in [0.25, 0.3) is 87.4 Å². The lowest BCUT2D eigenvalue weighted by atomic mass is 9.93. The molecule has 5 aromatic heterocycles. The maximum absolute atomic E-state index is 5.31. The van der Waals surface area contributed by atoms with E-state index in [1.54, 1.807) is 12.4 Å². The van der Waals surface area contributed by atoms with Gasteiger partial charge in [0.1, 0.15) is 0 Å². The quantitative estimate of drug-likeness (QED) is 0.193. The molecular weight excluding hydrogens is 593 g/mol. The van der Waals surface area contributed by atoms with Crippen molar-refractivity contribution in [1.82, 2.24) is 19.9 Å². The van der Waals surface area contributed by atoms with Crippen molar-refractivity contribution < 1.29 is 0 Å². The van der Waals surface area contributed by atoms with Crippen molar-refractivity contribution in [3.05, 3.63) is 158 Å². The molecule has 0 atom stereocenters. The van der Waals surface area contributed by atoms with Crippen molar-refractivity contribution in [3.8, 4) is 56.3 Å². The Morgan fingerprint density at radius 1 is 0.426 bits per heavy atom. The molecule has 0 fully saturated rings. The van der Waals surface area contributed by atoms with Crippen LogP contribution in [0, 0.1) is 0 Å². The second-order valence-corrected chi connectivity index (χ2v) is 12.5. The molecule has 0 bridgehead atoms. The maximum atomic E-state index is 5.31. The van der Waals surface area contributed by atoms with Crippen molar-refractivity contribution in [2.45, 2.75) is 0 Å². The highest BCUT2D eigenvalue weighted by atomic mass is 32.1. The average molecular weight is 619 g/mol. The number of pyridine rings is 4. The fourth-order valence-electron chi connectivity index (χ4n) is 6.41. The third kappa shape index (κ3) is 4.85. The molecule has 0 aliphatic rings. The van der Waals surface area contributed by atoms with Crippen LogP contribution in [0.3, 0.4) is 0 Å². The predicted octanol–water partition coefficient (Wildman–Crippen LogP) is 11.1. The van der Waals surface area contributed by atoms with Crippen molar-refractivity contribution in [2.75, 3.05) is 0 Å². The number of hydrogen-bond donors (Lipinski definition) is 0. The fourth-order valence-corrected chi connectivity index (χ4v) is 7.64. The van der Waals surface area contributed by atoms with Crippen LogP contribution in [-0.2, 0) is 0 Å². The summed E-state index contributed by atoms with van der Waals surface area (Å²) in [6.07, 6.45) is 3.61. The van der Waals surface area contributed by atoms with Gasteiger partial charge in [-0.25, -0.2) is 9.97 Å².